The Labute approximate surface area is 204 Å². The van der Waals surface area contributed by atoms with Crippen molar-refractivity contribution < 1.29 is 28.7 Å². The van der Waals surface area contributed by atoms with E-state index in [2.05, 4.69) is 5.32 Å². The summed E-state index contributed by atoms with van der Waals surface area (Å²) in [5.41, 5.74) is 2.96. The van der Waals surface area contributed by atoms with Gasteiger partial charge in [0.25, 0.3) is 17.7 Å². The summed E-state index contributed by atoms with van der Waals surface area (Å²) in [6.45, 7) is 5.73. The monoisotopic (exact) mass is 563 g/mol. The van der Waals surface area contributed by atoms with E-state index in [1.54, 1.807) is 19.1 Å². The molecule has 0 aromatic heterocycles. The normalized spacial score (nSPS) is 13.2. The third-order valence-corrected chi connectivity index (χ3v) is 5.40. The number of hydrogen-bond acceptors (Lipinski definition) is 6. The van der Waals surface area contributed by atoms with Crippen molar-refractivity contribution >= 4 is 58.1 Å². The smallest absolute Gasteiger partial charge is 0.328 e. The molecule has 0 spiro atoms. The zero-order valence-electron chi connectivity index (χ0n) is 18.2. The molecular formula is C23H22IN3O6. The van der Waals surface area contributed by atoms with Gasteiger partial charge in [-0.1, -0.05) is 12.1 Å². The lowest BCUT2D eigenvalue weighted by molar-refractivity contribution is -0.124. The van der Waals surface area contributed by atoms with E-state index in [-0.39, 0.29) is 18.1 Å². The number of carbonyl (C=O) groups excluding carboxylic acids is 4. The van der Waals surface area contributed by atoms with Crippen molar-refractivity contribution in [3.05, 3.63) is 56.2 Å². The molecule has 0 saturated carbocycles. The number of benzene rings is 2. The second kappa shape index (κ2) is 10.5. The number of hydrogen-bond donors (Lipinski definition) is 3. The van der Waals surface area contributed by atoms with E-state index in [0.29, 0.717) is 32.9 Å². The lowest BCUT2D eigenvalue weighted by Gasteiger charge is -2.16. The van der Waals surface area contributed by atoms with Crippen LogP contribution in [0.25, 0.3) is 6.08 Å². The molecule has 1 aliphatic heterocycles. The molecule has 2 aromatic rings. The van der Waals surface area contributed by atoms with E-state index in [9.17, 15) is 19.2 Å². The second-order valence-electron chi connectivity index (χ2n) is 7.21. The molecule has 1 saturated heterocycles. The van der Waals surface area contributed by atoms with E-state index in [1.165, 1.54) is 6.08 Å². The van der Waals surface area contributed by atoms with Gasteiger partial charge in [-0.2, -0.15) is 0 Å². The van der Waals surface area contributed by atoms with Gasteiger partial charge in [-0.05, 0) is 84.3 Å². The maximum absolute atomic E-state index is 12.5. The molecule has 1 fully saturated rings. The summed E-state index contributed by atoms with van der Waals surface area (Å²) >= 11 is 2.02. The number of rotatable bonds is 7. The van der Waals surface area contributed by atoms with Crippen LogP contribution in [-0.4, -0.2) is 37.0 Å². The number of carbonyl (C=O) groups is 4. The first kappa shape index (κ1) is 24.2. The van der Waals surface area contributed by atoms with Gasteiger partial charge in [0.05, 0.1) is 10.2 Å². The molecule has 9 nitrogen and oxygen atoms in total. The summed E-state index contributed by atoms with van der Waals surface area (Å²) in [6, 6.07) is 8.18. The highest BCUT2D eigenvalue weighted by molar-refractivity contribution is 14.1. The van der Waals surface area contributed by atoms with Gasteiger partial charge < -0.3 is 14.8 Å². The van der Waals surface area contributed by atoms with Crippen molar-refractivity contribution in [3.63, 3.8) is 0 Å². The quantitative estimate of drug-likeness (QED) is 0.271. The molecule has 0 unspecified atom stereocenters. The maximum atomic E-state index is 12.5. The Morgan fingerprint density at radius 2 is 1.76 bits per heavy atom. The van der Waals surface area contributed by atoms with Gasteiger partial charge in [0.2, 0.25) is 0 Å². The van der Waals surface area contributed by atoms with Gasteiger partial charge in [-0.15, -0.1) is 0 Å². The van der Waals surface area contributed by atoms with Crippen LogP contribution in [0.5, 0.6) is 11.5 Å². The average molecular weight is 563 g/mol. The summed E-state index contributed by atoms with van der Waals surface area (Å²) < 4.78 is 12.0. The number of barbiturate groups is 1. The van der Waals surface area contributed by atoms with Crippen LogP contribution < -0.4 is 25.4 Å². The largest absolute Gasteiger partial charge is 0.490 e. The van der Waals surface area contributed by atoms with Crippen molar-refractivity contribution in [3.8, 4) is 11.5 Å². The molecule has 5 amide bonds. The zero-order chi connectivity index (χ0) is 24.1. The average Bonchev–Trinajstić information content (AvgIpc) is 2.73. The van der Waals surface area contributed by atoms with Crippen LogP contribution in [0.15, 0.2) is 35.9 Å². The van der Waals surface area contributed by atoms with Crippen molar-refractivity contribution in [2.45, 2.75) is 20.8 Å². The van der Waals surface area contributed by atoms with Crippen LogP contribution >= 0.6 is 22.6 Å². The Balaban J connectivity index is 1.80. The molecule has 172 valence electrons. The molecule has 10 heteroatoms. The van der Waals surface area contributed by atoms with Crippen LogP contribution in [0.1, 0.15) is 23.6 Å². The number of amides is 5. The fourth-order valence-corrected chi connectivity index (χ4v) is 3.82. The highest BCUT2D eigenvalue weighted by atomic mass is 127. The number of halogens is 1. The standard InChI is InChI=1S/C23H22IN3O6/c1-4-32-18-10-14(8-15-21(29)26-23(31)27-22(15)30)9-16(24)20(18)33-11-19(28)25-17-7-12(2)5-6-13(17)3/h5-10H,4,11H2,1-3H3,(H,25,28)(H2,26,27,29,30,31). The minimum absolute atomic E-state index is 0.214. The van der Waals surface area contributed by atoms with E-state index < -0.39 is 17.8 Å². The van der Waals surface area contributed by atoms with Gasteiger partial charge in [0.15, 0.2) is 18.1 Å². The summed E-state index contributed by atoms with van der Waals surface area (Å²) in [6.07, 6.45) is 1.35. The SMILES string of the molecule is CCOc1cc(C=C2C(=O)NC(=O)NC2=O)cc(I)c1OCC(=O)Nc1cc(C)ccc1C. The molecule has 1 heterocycles. The molecule has 0 radical (unpaired) electrons. The van der Waals surface area contributed by atoms with E-state index in [4.69, 9.17) is 9.47 Å². The van der Waals surface area contributed by atoms with Gasteiger partial charge in [0.1, 0.15) is 5.57 Å². The second-order valence-corrected chi connectivity index (χ2v) is 8.38. The third-order valence-electron chi connectivity index (χ3n) is 4.60. The summed E-state index contributed by atoms with van der Waals surface area (Å²) in [4.78, 5) is 47.7. The Kier molecular flexibility index (Phi) is 7.69. The Hall–Kier alpha value is -3.41. The van der Waals surface area contributed by atoms with Gasteiger partial charge in [-0.25, -0.2) is 4.79 Å². The van der Waals surface area contributed by atoms with Crippen molar-refractivity contribution in [1.29, 1.82) is 0 Å². The molecule has 0 aliphatic carbocycles. The number of anilines is 1. The fourth-order valence-electron chi connectivity index (χ4n) is 3.04. The number of ether oxygens (including phenoxy) is 2. The Morgan fingerprint density at radius 1 is 1.06 bits per heavy atom. The first-order chi connectivity index (χ1) is 15.7. The minimum atomic E-state index is -0.866. The van der Waals surface area contributed by atoms with Gasteiger partial charge in [0, 0.05) is 5.69 Å². The van der Waals surface area contributed by atoms with Crippen LogP contribution in [0.2, 0.25) is 0 Å². The first-order valence-electron chi connectivity index (χ1n) is 10.0. The topological polar surface area (TPSA) is 123 Å². The van der Waals surface area contributed by atoms with Gasteiger partial charge in [-0.3, -0.25) is 25.0 Å². The highest BCUT2D eigenvalue weighted by Gasteiger charge is 2.28. The fraction of sp³-hybridized carbons (Fsp3) is 0.217. The molecule has 33 heavy (non-hydrogen) atoms. The Bertz CT molecular complexity index is 1150. The summed E-state index contributed by atoms with van der Waals surface area (Å²) in [5, 5.41) is 6.89. The summed E-state index contributed by atoms with van der Waals surface area (Å²) in [7, 11) is 0. The lowest BCUT2D eigenvalue weighted by Crippen LogP contribution is -2.51. The number of aryl methyl sites for hydroxylation is 2. The van der Waals surface area contributed by atoms with Crippen molar-refractivity contribution in [2.75, 3.05) is 18.5 Å². The number of imide groups is 2. The van der Waals surface area contributed by atoms with E-state index >= 15 is 0 Å². The van der Waals surface area contributed by atoms with E-state index in [1.807, 2.05) is 65.3 Å². The number of nitrogens with one attached hydrogen (secondary N) is 3. The molecule has 1 aliphatic rings. The van der Waals surface area contributed by atoms with Crippen LogP contribution in [0, 0.1) is 17.4 Å². The van der Waals surface area contributed by atoms with E-state index in [0.717, 1.165) is 11.1 Å². The lowest BCUT2D eigenvalue weighted by atomic mass is 10.1. The third kappa shape index (κ3) is 6.09. The van der Waals surface area contributed by atoms with Crippen molar-refractivity contribution in [1.82, 2.24) is 10.6 Å². The highest BCUT2D eigenvalue weighted by Crippen LogP contribution is 2.35. The predicted molar refractivity (Wildman–Crippen MR) is 130 cm³/mol. The molecular weight excluding hydrogens is 541 g/mol. The van der Waals surface area contributed by atoms with Gasteiger partial charge >= 0.3 is 6.03 Å². The predicted octanol–water partition coefficient (Wildman–Crippen LogP) is 3.07. The molecule has 3 N–H and O–H groups in total. The molecule has 2 aromatic carbocycles. The van der Waals surface area contributed by atoms with Crippen molar-refractivity contribution in [2.24, 2.45) is 0 Å². The zero-order valence-corrected chi connectivity index (χ0v) is 20.4. The minimum Gasteiger partial charge on any atom is -0.490 e. The molecule has 0 atom stereocenters. The maximum Gasteiger partial charge on any atom is 0.328 e. The summed E-state index contributed by atoms with van der Waals surface area (Å²) in [5.74, 6) is -1.19. The van der Waals surface area contributed by atoms with Crippen LogP contribution in [0.4, 0.5) is 10.5 Å². The Morgan fingerprint density at radius 3 is 2.42 bits per heavy atom. The number of urea groups is 1. The first-order valence-corrected chi connectivity index (χ1v) is 11.1. The van der Waals surface area contributed by atoms with Crippen LogP contribution in [0.3, 0.4) is 0 Å². The molecule has 0 bridgehead atoms. The van der Waals surface area contributed by atoms with Crippen LogP contribution in [-0.2, 0) is 14.4 Å². The molecule has 3 rings (SSSR count).